The van der Waals surface area contributed by atoms with Crippen LogP contribution >= 0.6 is 11.8 Å². The average molecular weight is 236 g/mol. The monoisotopic (exact) mass is 236 g/mol. The molecule has 0 aliphatic heterocycles. The summed E-state index contributed by atoms with van der Waals surface area (Å²) in [5.41, 5.74) is 0. The first-order valence-electron chi connectivity index (χ1n) is 5.63. The Hall–Kier alpha value is 0.230. The highest BCUT2D eigenvalue weighted by Gasteiger charge is 2.12. The molecule has 3 unspecified atom stereocenters. The average Bonchev–Trinajstić information content (AvgIpc) is 2.20. The molecular formula is C11H24O3S. The topological polar surface area (TPSA) is 49.7 Å². The van der Waals surface area contributed by atoms with Gasteiger partial charge in [0.2, 0.25) is 0 Å². The molecule has 2 N–H and O–H groups in total. The van der Waals surface area contributed by atoms with Gasteiger partial charge in [-0.3, -0.25) is 0 Å². The van der Waals surface area contributed by atoms with Crippen LogP contribution in [0.25, 0.3) is 0 Å². The van der Waals surface area contributed by atoms with Crippen molar-refractivity contribution in [3.8, 4) is 0 Å². The van der Waals surface area contributed by atoms with E-state index in [2.05, 4.69) is 6.92 Å². The third-order valence-electron chi connectivity index (χ3n) is 2.18. The molecule has 0 aliphatic carbocycles. The van der Waals surface area contributed by atoms with Crippen molar-refractivity contribution in [3.63, 3.8) is 0 Å². The number of aliphatic hydroxyl groups is 2. The van der Waals surface area contributed by atoms with Gasteiger partial charge in [0.05, 0.1) is 18.8 Å². The molecule has 0 aliphatic rings. The van der Waals surface area contributed by atoms with E-state index in [-0.39, 0.29) is 11.4 Å². The summed E-state index contributed by atoms with van der Waals surface area (Å²) in [5, 5.41) is 19.0. The van der Waals surface area contributed by atoms with Crippen molar-refractivity contribution in [2.45, 2.75) is 51.1 Å². The van der Waals surface area contributed by atoms with Crippen LogP contribution in [0.5, 0.6) is 0 Å². The molecule has 3 atom stereocenters. The number of rotatable bonds is 9. The first-order valence-corrected chi connectivity index (χ1v) is 6.68. The van der Waals surface area contributed by atoms with E-state index in [0.29, 0.717) is 12.4 Å². The van der Waals surface area contributed by atoms with E-state index in [1.807, 2.05) is 6.92 Å². The summed E-state index contributed by atoms with van der Waals surface area (Å²) < 4.78 is 5.30. The molecule has 0 fully saturated rings. The highest BCUT2D eigenvalue weighted by Crippen LogP contribution is 2.15. The summed E-state index contributed by atoms with van der Waals surface area (Å²) in [5.74, 6) is 0.623. The number of hydrogen-bond acceptors (Lipinski definition) is 4. The lowest BCUT2D eigenvalue weighted by Crippen LogP contribution is -2.23. The maximum atomic E-state index is 9.55. The molecule has 0 rings (SSSR count). The van der Waals surface area contributed by atoms with Crippen LogP contribution < -0.4 is 0 Å². The second-order valence-electron chi connectivity index (χ2n) is 3.86. The van der Waals surface area contributed by atoms with E-state index in [1.165, 1.54) is 0 Å². The Morgan fingerprint density at radius 3 is 2.47 bits per heavy atom. The fourth-order valence-electron chi connectivity index (χ4n) is 0.916. The first kappa shape index (κ1) is 15.2. The molecule has 0 aromatic rings. The van der Waals surface area contributed by atoms with E-state index in [0.717, 1.165) is 19.4 Å². The lowest BCUT2D eigenvalue weighted by atomic mass is 10.3. The van der Waals surface area contributed by atoms with Crippen LogP contribution in [0.15, 0.2) is 0 Å². The van der Waals surface area contributed by atoms with Crippen LogP contribution in [0.1, 0.15) is 33.6 Å². The van der Waals surface area contributed by atoms with Gasteiger partial charge in [-0.2, -0.15) is 11.8 Å². The van der Waals surface area contributed by atoms with Gasteiger partial charge in [0, 0.05) is 17.6 Å². The van der Waals surface area contributed by atoms with Crippen LogP contribution in [0.3, 0.4) is 0 Å². The van der Waals surface area contributed by atoms with Crippen molar-refractivity contribution in [3.05, 3.63) is 0 Å². The summed E-state index contributed by atoms with van der Waals surface area (Å²) >= 11 is 1.58. The Kier molecular flexibility index (Phi) is 9.60. The van der Waals surface area contributed by atoms with E-state index < -0.39 is 6.10 Å². The van der Waals surface area contributed by atoms with Gasteiger partial charge in [-0.05, 0) is 13.3 Å². The normalized spacial score (nSPS) is 17.4. The molecule has 3 nitrogen and oxygen atoms in total. The van der Waals surface area contributed by atoms with Crippen LogP contribution in [0.4, 0.5) is 0 Å². The van der Waals surface area contributed by atoms with E-state index in [9.17, 15) is 10.2 Å². The quantitative estimate of drug-likeness (QED) is 0.598. The fraction of sp³-hybridized carbons (Fsp3) is 1.00. The molecule has 92 valence electrons. The van der Waals surface area contributed by atoms with Crippen molar-refractivity contribution >= 4 is 11.8 Å². The molecule has 15 heavy (non-hydrogen) atoms. The Labute approximate surface area is 97.2 Å². The van der Waals surface area contributed by atoms with E-state index in [1.54, 1.807) is 18.7 Å². The molecule has 0 saturated heterocycles. The zero-order valence-corrected chi connectivity index (χ0v) is 10.8. The summed E-state index contributed by atoms with van der Waals surface area (Å²) in [6, 6.07) is 0. The molecular weight excluding hydrogens is 212 g/mol. The van der Waals surface area contributed by atoms with Crippen molar-refractivity contribution in [2.24, 2.45) is 0 Å². The summed E-state index contributed by atoms with van der Waals surface area (Å²) in [6.45, 7) is 6.96. The van der Waals surface area contributed by atoms with Crippen LogP contribution in [0, 0.1) is 0 Å². The lowest BCUT2D eigenvalue weighted by molar-refractivity contribution is 0.0472. The Balaban J connectivity index is 3.36. The molecule has 4 heteroatoms. The van der Waals surface area contributed by atoms with Crippen LogP contribution in [0.2, 0.25) is 0 Å². The Morgan fingerprint density at radius 2 is 1.93 bits per heavy atom. The molecule has 0 amide bonds. The van der Waals surface area contributed by atoms with Gasteiger partial charge in [0.15, 0.2) is 0 Å². The van der Waals surface area contributed by atoms with Crippen LogP contribution in [-0.4, -0.2) is 46.6 Å². The number of aliphatic hydroxyl groups excluding tert-OH is 2. The zero-order valence-electron chi connectivity index (χ0n) is 9.98. The van der Waals surface area contributed by atoms with Crippen LogP contribution in [-0.2, 0) is 4.74 Å². The third-order valence-corrected chi connectivity index (χ3v) is 3.68. The molecule has 0 saturated carbocycles. The van der Waals surface area contributed by atoms with Gasteiger partial charge >= 0.3 is 0 Å². The highest BCUT2D eigenvalue weighted by molar-refractivity contribution is 7.99. The fourth-order valence-corrected chi connectivity index (χ4v) is 1.82. The Bertz CT molecular complexity index is 142. The highest BCUT2D eigenvalue weighted by atomic mass is 32.2. The largest absolute Gasteiger partial charge is 0.392 e. The lowest BCUT2D eigenvalue weighted by Gasteiger charge is -2.16. The van der Waals surface area contributed by atoms with Gasteiger partial charge < -0.3 is 14.9 Å². The van der Waals surface area contributed by atoms with Crippen molar-refractivity contribution in [1.82, 2.24) is 0 Å². The second-order valence-corrected chi connectivity index (χ2v) is 5.27. The zero-order chi connectivity index (χ0) is 11.7. The summed E-state index contributed by atoms with van der Waals surface area (Å²) in [7, 11) is 0. The third kappa shape index (κ3) is 9.18. The van der Waals surface area contributed by atoms with Gasteiger partial charge in [-0.25, -0.2) is 0 Å². The number of hydrogen-bond donors (Lipinski definition) is 2. The molecule has 0 aromatic heterocycles. The van der Waals surface area contributed by atoms with E-state index >= 15 is 0 Å². The van der Waals surface area contributed by atoms with Crippen molar-refractivity contribution in [2.75, 3.05) is 19.0 Å². The molecule has 0 heterocycles. The predicted molar refractivity (Wildman–Crippen MR) is 65.3 cm³/mol. The Morgan fingerprint density at radius 1 is 1.27 bits per heavy atom. The van der Waals surface area contributed by atoms with Gasteiger partial charge in [-0.15, -0.1) is 0 Å². The van der Waals surface area contributed by atoms with Crippen molar-refractivity contribution < 1.29 is 14.9 Å². The number of unbranched alkanes of at least 4 members (excludes halogenated alkanes) is 1. The molecule has 0 radical (unpaired) electrons. The van der Waals surface area contributed by atoms with Gasteiger partial charge in [-0.1, -0.05) is 20.3 Å². The maximum Gasteiger partial charge on any atom is 0.0863 e. The smallest absolute Gasteiger partial charge is 0.0863 e. The summed E-state index contributed by atoms with van der Waals surface area (Å²) in [4.78, 5) is 0. The number of thioether (sulfide) groups is 1. The standard InChI is InChI=1S/C11H24O3S/c1-4-5-6-14-7-11(13)8-15-10(3)9(2)12/h9-13H,4-8H2,1-3H3. The van der Waals surface area contributed by atoms with E-state index in [4.69, 9.17) is 4.74 Å². The molecule has 0 aromatic carbocycles. The maximum absolute atomic E-state index is 9.55. The van der Waals surface area contributed by atoms with Gasteiger partial charge in [0.1, 0.15) is 0 Å². The first-order chi connectivity index (χ1) is 7.07. The molecule has 0 spiro atoms. The number of ether oxygens (including phenoxy) is 1. The molecule has 0 bridgehead atoms. The summed E-state index contributed by atoms with van der Waals surface area (Å²) in [6.07, 6.45) is 1.41. The minimum absolute atomic E-state index is 0.162. The van der Waals surface area contributed by atoms with Crippen molar-refractivity contribution in [1.29, 1.82) is 0 Å². The SMILES string of the molecule is CCCCOCC(O)CSC(C)C(C)O. The minimum Gasteiger partial charge on any atom is -0.392 e. The second kappa shape index (κ2) is 9.46. The van der Waals surface area contributed by atoms with Gasteiger partial charge in [0.25, 0.3) is 0 Å². The predicted octanol–water partition coefficient (Wildman–Crippen LogP) is 1.67. The minimum atomic E-state index is -0.423.